The Morgan fingerprint density at radius 1 is 1.15 bits per heavy atom. The van der Waals surface area contributed by atoms with Gasteiger partial charge in [-0.3, -0.25) is 4.79 Å². The maximum atomic E-state index is 12.1. The highest BCUT2D eigenvalue weighted by Gasteiger charge is 2.27. The van der Waals surface area contributed by atoms with Crippen molar-refractivity contribution in [2.24, 2.45) is 0 Å². The summed E-state index contributed by atoms with van der Waals surface area (Å²) in [4.78, 5) is 24.1. The molecule has 0 aliphatic heterocycles. The smallest absolute Gasteiger partial charge is 0.428 e. The fourth-order valence-electron chi connectivity index (χ4n) is 2.57. The first kappa shape index (κ1) is 23.7. The number of ether oxygens (including phenoxy) is 2. The van der Waals surface area contributed by atoms with E-state index >= 15 is 0 Å². The highest BCUT2D eigenvalue weighted by atomic mass is 127. The lowest BCUT2D eigenvalue weighted by Crippen LogP contribution is -2.26. The molecule has 1 aromatic rings. The minimum Gasteiger partial charge on any atom is -0.428 e. The third kappa shape index (κ3) is 8.10. The lowest BCUT2D eigenvalue weighted by Gasteiger charge is -2.27. The number of carbonyl (C=O) groups is 2. The number of ketones is 1. The van der Waals surface area contributed by atoms with Gasteiger partial charge in [-0.15, -0.1) is 0 Å². The molecule has 0 fully saturated rings. The van der Waals surface area contributed by atoms with Crippen molar-refractivity contribution < 1.29 is 19.1 Å². The molecule has 0 saturated heterocycles. The second-order valence-corrected chi connectivity index (χ2v) is 13.0. The largest absolute Gasteiger partial charge is 0.514 e. The maximum Gasteiger partial charge on any atom is 0.514 e. The average Bonchev–Trinajstić information content (AvgIpc) is 2.41. The number of carbonyl (C=O) groups excluding carboxylic acids is 2. The van der Waals surface area contributed by atoms with Crippen LogP contribution >= 0.6 is 45.2 Å². The molecule has 4 nitrogen and oxygen atoms in total. The van der Waals surface area contributed by atoms with Crippen molar-refractivity contribution in [3.05, 3.63) is 29.3 Å². The van der Waals surface area contributed by atoms with Crippen LogP contribution in [0.2, 0.25) is 0 Å². The molecule has 26 heavy (non-hydrogen) atoms. The Labute approximate surface area is 184 Å². The quantitative estimate of drug-likeness (QED) is 0.122. The molecule has 0 amide bonds. The van der Waals surface area contributed by atoms with Gasteiger partial charge in [0.15, 0.2) is 5.78 Å². The van der Waals surface area contributed by atoms with Crippen LogP contribution < -0.4 is 4.74 Å². The van der Waals surface area contributed by atoms with Crippen LogP contribution in [0.3, 0.4) is 0 Å². The number of hydrogen-bond acceptors (Lipinski definition) is 4. The molecule has 146 valence electrons. The zero-order valence-corrected chi connectivity index (χ0v) is 20.8. The van der Waals surface area contributed by atoms with Gasteiger partial charge in [-0.05, 0) is 57.7 Å². The molecule has 2 atom stereocenters. The fraction of sp³-hybridized carbons (Fsp3) is 0.600. The topological polar surface area (TPSA) is 52.6 Å². The Bertz CT molecular complexity index is 655. The average molecular weight is 586 g/mol. The zero-order chi connectivity index (χ0) is 20.3. The van der Waals surface area contributed by atoms with Crippen LogP contribution in [-0.2, 0) is 4.74 Å². The van der Waals surface area contributed by atoms with Gasteiger partial charge < -0.3 is 9.47 Å². The van der Waals surface area contributed by atoms with Crippen molar-refractivity contribution in [2.45, 2.75) is 73.8 Å². The summed E-state index contributed by atoms with van der Waals surface area (Å²) in [6.45, 7) is 13.3. The summed E-state index contributed by atoms with van der Waals surface area (Å²) >= 11 is 4.88. The van der Waals surface area contributed by atoms with E-state index in [1.165, 1.54) is 6.92 Å². The molecule has 0 saturated carbocycles. The van der Waals surface area contributed by atoms with Crippen LogP contribution in [0.25, 0.3) is 0 Å². The normalized spacial score (nSPS) is 14.5. The fourth-order valence-corrected chi connectivity index (χ4v) is 3.72. The Balaban J connectivity index is 3.18. The minimum absolute atomic E-state index is 0.140. The summed E-state index contributed by atoms with van der Waals surface area (Å²) in [7, 11) is 0. The van der Waals surface area contributed by atoms with E-state index in [1.807, 2.05) is 12.1 Å². The van der Waals surface area contributed by atoms with Gasteiger partial charge in [0.2, 0.25) is 0 Å². The highest BCUT2D eigenvalue weighted by Crippen LogP contribution is 2.38. The summed E-state index contributed by atoms with van der Waals surface area (Å²) in [5, 5.41) is 0. The van der Waals surface area contributed by atoms with Crippen molar-refractivity contribution in [2.75, 3.05) is 0 Å². The first-order valence-electron chi connectivity index (χ1n) is 8.58. The summed E-state index contributed by atoms with van der Waals surface area (Å²) in [6.07, 6.45) is 0.182. The van der Waals surface area contributed by atoms with E-state index in [1.54, 1.807) is 26.8 Å². The number of alkyl halides is 2. The van der Waals surface area contributed by atoms with Crippen LogP contribution in [-0.4, -0.2) is 24.9 Å². The molecule has 0 heterocycles. The van der Waals surface area contributed by atoms with Gasteiger partial charge >= 0.3 is 6.16 Å². The van der Waals surface area contributed by atoms with Crippen LogP contribution in [0.1, 0.15) is 76.7 Å². The molecule has 0 bridgehead atoms. The Morgan fingerprint density at radius 2 is 1.73 bits per heavy atom. The Hall–Kier alpha value is -0.380. The second kappa shape index (κ2) is 9.21. The molecule has 0 spiro atoms. The molecule has 0 radical (unpaired) electrons. The molecule has 1 rings (SSSR count). The van der Waals surface area contributed by atoms with Crippen molar-refractivity contribution in [3.8, 4) is 5.75 Å². The maximum absolute atomic E-state index is 12.1. The van der Waals surface area contributed by atoms with Crippen LogP contribution in [0.4, 0.5) is 4.79 Å². The van der Waals surface area contributed by atoms with Gasteiger partial charge in [0.25, 0.3) is 0 Å². The molecule has 1 aromatic carbocycles. The van der Waals surface area contributed by atoms with Crippen molar-refractivity contribution in [1.29, 1.82) is 0 Å². The molecule has 1 unspecified atom stereocenters. The second-order valence-electron chi connectivity index (χ2n) is 8.09. The van der Waals surface area contributed by atoms with E-state index in [0.717, 1.165) is 12.0 Å². The summed E-state index contributed by atoms with van der Waals surface area (Å²) in [5.74, 6) is 0.402. The van der Waals surface area contributed by atoms with E-state index in [-0.39, 0.29) is 15.0 Å². The lowest BCUT2D eigenvalue weighted by molar-refractivity contribution is 0.0205. The van der Waals surface area contributed by atoms with E-state index < -0.39 is 11.8 Å². The van der Waals surface area contributed by atoms with Crippen LogP contribution in [0.15, 0.2) is 18.2 Å². The molecule has 0 aliphatic carbocycles. The highest BCUT2D eigenvalue weighted by molar-refractivity contribution is 14.1. The standard InChI is InChI=1S/C20H28I2O4/c1-12(21)16(11-20(6,7)22)14-8-9-17(15(10-14)13(2)23)25-18(24)26-19(3,4)5/h8-10,12,16H,11H2,1-7H3/t12-,16?/m0/s1. The molecule has 0 aromatic heterocycles. The van der Waals surface area contributed by atoms with Gasteiger partial charge in [0.1, 0.15) is 11.4 Å². The lowest BCUT2D eigenvalue weighted by atomic mass is 9.87. The number of hydrogen-bond donors (Lipinski definition) is 0. The van der Waals surface area contributed by atoms with Crippen LogP contribution in [0, 0.1) is 0 Å². The number of benzene rings is 1. The van der Waals surface area contributed by atoms with Gasteiger partial charge in [0, 0.05) is 7.35 Å². The van der Waals surface area contributed by atoms with E-state index in [9.17, 15) is 9.59 Å². The van der Waals surface area contributed by atoms with E-state index in [0.29, 0.717) is 15.4 Å². The first-order chi connectivity index (χ1) is 11.7. The van der Waals surface area contributed by atoms with E-state index in [4.69, 9.17) is 9.47 Å². The molecule has 0 N–H and O–H groups in total. The first-order valence-corrected chi connectivity index (χ1v) is 10.9. The zero-order valence-electron chi connectivity index (χ0n) is 16.5. The monoisotopic (exact) mass is 586 g/mol. The van der Waals surface area contributed by atoms with Gasteiger partial charge in [-0.25, -0.2) is 4.79 Å². The molecule has 0 aliphatic rings. The van der Waals surface area contributed by atoms with Gasteiger partial charge in [-0.1, -0.05) is 72.0 Å². The molecular formula is C20H28I2O4. The minimum atomic E-state index is -0.806. The Morgan fingerprint density at radius 3 is 2.15 bits per heavy atom. The van der Waals surface area contributed by atoms with Crippen molar-refractivity contribution in [3.63, 3.8) is 0 Å². The predicted octanol–water partition coefficient (Wildman–Crippen LogP) is 6.71. The summed E-state index contributed by atoms with van der Waals surface area (Å²) in [6, 6.07) is 5.49. The van der Waals surface area contributed by atoms with Crippen LogP contribution in [0.5, 0.6) is 5.75 Å². The van der Waals surface area contributed by atoms with Gasteiger partial charge in [-0.2, -0.15) is 0 Å². The van der Waals surface area contributed by atoms with Crippen molar-refractivity contribution in [1.82, 2.24) is 0 Å². The van der Waals surface area contributed by atoms with Crippen molar-refractivity contribution >= 4 is 57.1 Å². The predicted molar refractivity (Wildman–Crippen MR) is 122 cm³/mol. The summed E-state index contributed by atoms with van der Waals surface area (Å²) < 4.78 is 11.0. The summed E-state index contributed by atoms with van der Waals surface area (Å²) in [5.41, 5.74) is 0.834. The third-order valence-electron chi connectivity index (χ3n) is 3.65. The van der Waals surface area contributed by atoms with Gasteiger partial charge in [0.05, 0.1) is 5.56 Å². The third-order valence-corrected chi connectivity index (χ3v) is 4.96. The number of rotatable bonds is 6. The molecular weight excluding hydrogens is 558 g/mol. The Kier molecular flexibility index (Phi) is 8.38. The number of Topliss-reactive ketones (excluding diaryl/α,β-unsaturated/α-hetero) is 1. The SMILES string of the molecule is CC(=O)c1cc(C(CC(C)(C)I)[C@H](C)I)ccc1OC(=O)OC(C)(C)C. The van der Waals surface area contributed by atoms with E-state index in [2.05, 4.69) is 66.0 Å². The number of halogens is 2. The molecule has 6 heteroatoms.